The molecule has 3 aromatic heterocycles. The normalized spacial score (nSPS) is 13.4. The molecule has 8 rings (SSSR count). The van der Waals surface area contributed by atoms with Crippen LogP contribution in [-0.4, -0.2) is 81.3 Å². The Balaban J connectivity index is 0.000000202. The highest BCUT2D eigenvalue weighted by molar-refractivity contribution is 6.33. The molecule has 2 fully saturated rings. The second kappa shape index (κ2) is 25.2. The molecule has 0 radical (unpaired) electrons. The lowest BCUT2D eigenvalue weighted by Gasteiger charge is -2.26. The molecule has 5 heterocycles. The molecule has 0 unspecified atom stereocenters. The van der Waals surface area contributed by atoms with Crippen LogP contribution in [0.5, 0.6) is 0 Å². The Morgan fingerprint density at radius 1 is 0.831 bits per heavy atom. The first-order chi connectivity index (χ1) is 31.6. The lowest BCUT2D eigenvalue weighted by molar-refractivity contribution is -0.191. The van der Waals surface area contributed by atoms with Gasteiger partial charge < -0.3 is 44.7 Å². The number of para-hydroxylation sites is 1. The molecule has 3 aromatic carbocycles. The number of nitrogens with one attached hydrogen (secondary N) is 5. The summed E-state index contributed by atoms with van der Waals surface area (Å²) in [6.45, 7) is 5.45. The quantitative estimate of drug-likeness (QED) is 0.0756. The Morgan fingerprint density at radius 3 is 2.15 bits per heavy atom. The maximum Gasteiger partial charge on any atom is 0.373 e. The van der Waals surface area contributed by atoms with Crippen molar-refractivity contribution in [2.24, 2.45) is 0 Å². The Bertz CT molecular complexity index is 2730. The van der Waals surface area contributed by atoms with Crippen molar-refractivity contribution in [3.05, 3.63) is 142 Å². The van der Waals surface area contributed by atoms with Gasteiger partial charge in [-0.2, -0.15) is 20.1 Å². The van der Waals surface area contributed by atoms with Crippen LogP contribution < -0.4 is 26.2 Å². The van der Waals surface area contributed by atoms with Crippen molar-refractivity contribution in [1.82, 2.24) is 20.9 Å². The molecular weight excluding hydrogens is 859 g/mol. The number of nitrogens with zero attached hydrogens (tertiary/aromatic N) is 3. The number of aromatic nitrogens is 1. The largest absolute Gasteiger partial charge is 0.457 e. The number of ether oxygens (including phenoxy) is 1. The summed E-state index contributed by atoms with van der Waals surface area (Å²) in [6, 6.07) is 31.2. The third-order valence-electron chi connectivity index (χ3n) is 9.37. The molecule has 5 N–H and O–H groups in total. The van der Waals surface area contributed by atoms with Crippen molar-refractivity contribution >= 4 is 70.1 Å². The fraction of sp³-hybridized carbons (Fsp3) is 0.191. The number of furan rings is 2. The van der Waals surface area contributed by atoms with E-state index in [2.05, 4.69) is 31.2 Å². The lowest BCUT2D eigenvalue weighted by atomic mass is 10.1. The lowest BCUT2D eigenvalue weighted by Crippen LogP contribution is -2.44. The molecule has 2 aliphatic heterocycles. The highest BCUT2D eigenvalue weighted by Crippen LogP contribution is 2.30. The summed E-state index contributed by atoms with van der Waals surface area (Å²) in [4.78, 5) is 56.4. The zero-order valence-corrected chi connectivity index (χ0v) is 35.5. The molecule has 3 amide bonds. The van der Waals surface area contributed by atoms with Crippen molar-refractivity contribution < 1.29 is 41.9 Å². The molecule has 2 aliphatic rings. The number of rotatable bonds is 10. The number of carbonyl (C=O) groups excluding carboxylic acids is 5. The van der Waals surface area contributed by atoms with Crippen LogP contribution in [-0.2, 0) is 35.1 Å². The highest BCUT2D eigenvalue weighted by atomic mass is 35.5. The van der Waals surface area contributed by atoms with Crippen molar-refractivity contribution in [2.75, 3.05) is 62.7 Å². The van der Waals surface area contributed by atoms with Crippen LogP contribution in [0.25, 0.3) is 34.4 Å². The number of amides is 3. The number of hydrogen-bond acceptors (Lipinski definition) is 12. The smallest absolute Gasteiger partial charge is 0.373 e. The second-order valence-corrected chi connectivity index (χ2v) is 14.1. The third-order valence-corrected chi connectivity index (χ3v) is 9.70. The van der Waals surface area contributed by atoms with Crippen LogP contribution in [0, 0.1) is 28.5 Å². The molecular formula is C47H42ClFN8O8. The number of piperazine rings is 1. The van der Waals surface area contributed by atoms with Crippen molar-refractivity contribution in [2.45, 2.75) is 6.42 Å². The van der Waals surface area contributed by atoms with Gasteiger partial charge >= 0.3 is 6.15 Å². The summed E-state index contributed by atoms with van der Waals surface area (Å²) in [5.74, 6) is 0.731. The molecule has 0 spiro atoms. The van der Waals surface area contributed by atoms with E-state index in [1.165, 1.54) is 36.4 Å². The number of benzene rings is 3. The van der Waals surface area contributed by atoms with Gasteiger partial charge in [-0.3, -0.25) is 14.4 Å². The standard InChI is InChI=1S/C22H22N4O3.C20H12ClFN2O2.C4H8N2O.CO2/c23-14-17(13-18-5-6-21(29-18)26-9-11-28-12-10-26)22(27)24-8-7-16-15-25-20-4-2-1-3-19(16)20;21-18-4-2-1-3-17(18)19-10-9-16(26-19)11-13(12-23)20(25)24-15-7-5-14(22)6-8-15;7-4-3-5-1-2-6-4;2-1-3/h1-6,13,15,25H,7-12H2,(H,24,27);1-11H,(H,24,25);5H,1-3H2,(H,6,7);/b17-13+;13-11+;;. The molecule has 0 atom stereocenters. The van der Waals surface area contributed by atoms with Gasteiger partial charge in [0.1, 0.15) is 46.4 Å². The minimum absolute atomic E-state index is 0.0202. The van der Waals surface area contributed by atoms with Gasteiger partial charge in [0.2, 0.25) is 5.91 Å². The van der Waals surface area contributed by atoms with Gasteiger partial charge in [0.25, 0.3) is 11.8 Å². The minimum Gasteiger partial charge on any atom is -0.457 e. The number of anilines is 2. The number of aromatic amines is 1. The van der Waals surface area contributed by atoms with Crippen LogP contribution in [0.4, 0.5) is 16.0 Å². The SMILES string of the molecule is N#C/C(=C\c1ccc(-c2ccccc2Cl)o1)C(=O)Nc1ccc(F)cc1.N#C/C(=C\c1ccc(N2CCOCC2)o1)C(=O)NCCc1c[nH]c2ccccc12.O=C1CNCCN1.O=C=O. The maximum absolute atomic E-state index is 12.9. The average Bonchev–Trinajstić information content (AvgIpc) is 4.10. The maximum atomic E-state index is 12.9. The van der Waals surface area contributed by atoms with Crippen LogP contribution in [0.15, 0.2) is 123 Å². The Morgan fingerprint density at radius 2 is 1.49 bits per heavy atom. The summed E-state index contributed by atoms with van der Waals surface area (Å²) in [7, 11) is 0. The molecule has 0 bridgehead atoms. The number of nitriles is 2. The average molecular weight is 901 g/mol. The monoisotopic (exact) mass is 900 g/mol. The molecule has 6 aromatic rings. The van der Waals surface area contributed by atoms with Gasteiger partial charge in [-0.25, -0.2) is 4.39 Å². The summed E-state index contributed by atoms with van der Waals surface area (Å²) in [6.07, 6.45) is 5.69. The van der Waals surface area contributed by atoms with Crippen molar-refractivity contribution in [3.63, 3.8) is 0 Å². The van der Waals surface area contributed by atoms with E-state index in [-0.39, 0.29) is 23.2 Å². The molecule has 0 aliphatic carbocycles. The minimum atomic E-state index is -0.616. The van der Waals surface area contributed by atoms with Crippen LogP contribution in [0.3, 0.4) is 0 Å². The number of halogens is 2. The molecule has 332 valence electrons. The Kier molecular flexibility index (Phi) is 18.6. The zero-order valence-electron chi connectivity index (χ0n) is 34.7. The van der Waals surface area contributed by atoms with Crippen molar-refractivity contribution in [1.29, 1.82) is 10.5 Å². The summed E-state index contributed by atoms with van der Waals surface area (Å²) in [5, 5.41) is 31.3. The fourth-order valence-electron chi connectivity index (χ4n) is 6.22. The van der Waals surface area contributed by atoms with Crippen LogP contribution in [0.1, 0.15) is 17.1 Å². The zero-order chi connectivity index (χ0) is 46.4. The van der Waals surface area contributed by atoms with E-state index in [1.807, 2.05) is 60.8 Å². The summed E-state index contributed by atoms with van der Waals surface area (Å²) >= 11 is 6.13. The number of morpholine rings is 1. The summed E-state index contributed by atoms with van der Waals surface area (Å²) in [5.41, 5.74) is 3.17. The Hall–Kier alpha value is -8.05. The first-order valence-electron chi connectivity index (χ1n) is 20.0. The Labute approximate surface area is 377 Å². The molecule has 18 heteroatoms. The number of hydrogen-bond donors (Lipinski definition) is 5. The molecule has 16 nitrogen and oxygen atoms in total. The van der Waals surface area contributed by atoms with Crippen molar-refractivity contribution in [3.8, 4) is 23.5 Å². The van der Waals surface area contributed by atoms with E-state index in [4.69, 9.17) is 34.8 Å². The van der Waals surface area contributed by atoms with Crippen LogP contribution >= 0.6 is 11.6 Å². The van der Waals surface area contributed by atoms with Gasteiger partial charge in [0.05, 0.1) is 24.8 Å². The number of fused-ring (bicyclic) bond motifs is 1. The number of carbonyl (C=O) groups is 3. The molecule has 2 saturated heterocycles. The predicted molar refractivity (Wildman–Crippen MR) is 239 cm³/mol. The third kappa shape index (κ3) is 14.8. The van der Waals surface area contributed by atoms with Gasteiger partial charge in [0, 0.05) is 79.3 Å². The number of H-pyrrole nitrogens is 1. The summed E-state index contributed by atoms with van der Waals surface area (Å²) < 4.78 is 29.7. The van der Waals surface area contributed by atoms with Gasteiger partial charge in [-0.15, -0.1) is 0 Å². The van der Waals surface area contributed by atoms with Crippen LogP contribution in [0.2, 0.25) is 5.02 Å². The van der Waals surface area contributed by atoms with Gasteiger partial charge in [-0.1, -0.05) is 41.9 Å². The topological polar surface area (TPSA) is 236 Å². The van der Waals surface area contributed by atoms with Gasteiger partial charge in [-0.05, 0) is 72.6 Å². The first kappa shape index (κ1) is 48.0. The predicted octanol–water partition coefficient (Wildman–Crippen LogP) is 6.27. The van der Waals surface area contributed by atoms with E-state index >= 15 is 0 Å². The van der Waals surface area contributed by atoms with E-state index in [0.717, 1.165) is 48.5 Å². The van der Waals surface area contributed by atoms with Gasteiger partial charge in [0.15, 0.2) is 5.88 Å². The van der Waals surface area contributed by atoms with E-state index in [1.54, 1.807) is 30.3 Å². The second-order valence-electron chi connectivity index (χ2n) is 13.7. The fourth-order valence-corrected chi connectivity index (χ4v) is 6.45. The highest BCUT2D eigenvalue weighted by Gasteiger charge is 2.17. The van der Waals surface area contributed by atoms with E-state index in [0.29, 0.717) is 66.3 Å². The first-order valence-corrected chi connectivity index (χ1v) is 20.4. The molecule has 0 saturated carbocycles. The van der Waals surface area contributed by atoms with E-state index < -0.39 is 17.6 Å². The van der Waals surface area contributed by atoms with E-state index in [9.17, 15) is 29.3 Å². The molecule has 65 heavy (non-hydrogen) atoms.